The van der Waals surface area contributed by atoms with Crippen molar-refractivity contribution in [2.45, 2.75) is 12.5 Å². The van der Waals surface area contributed by atoms with E-state index in [-0.39, 0.29) is 11.8 Å². The van der Waals surface area contributed by atoms with Crippen LogP contribution in [0.25, 0.3) is 10.9 Å². The van der Waals surface area contributed by atoms with E-state index in [9.17, 15) is 8.42 Å². The largest absolute Gasteiger partial charge is 0.381 e. The molecule has 5 nitrogen and oxygen atoms in total. The van der Waals surface area contributed by atoms with Gasteiger partial charge in [0.15, 0.2) is 9.84 Å². The van der Waals surface area contributed by atoms with E-state index < -0.39 is 9.84 Å². The summed E-state index contributed by atoms with van der Waals surface area (Å²) in [6, 6.07) is 5.88. The fourth-order valence-corrected chi connectivity index (χ4v) is 3.85. The van der Waals surface area contributed by atoms with Crippen molar-refractivity contribution in [3.8, 4) is 0 Å². The average molecular weight is 251 g/mol. The zero-order valence-electron chi connectivity index (χ0n) is 9.18. The Morgan fingerprint density at radius 2 is 2.29 bits per heavy atom. The number of hydrogen-bond acceptors (Lipinski definition) is 4. The number of nitrogens with zero attached hydrogens (tertiary/aromatic N) is 1. The second-order valence-corrected chi connectivity index (χ2v) is 6.65. The second-order valence-electron chi connectivity index (χ2n) is 4.42. The highest BCUT2D eigenvalue weighted by atomic mass is 32.2. The molecule has 1 saturated heterocycles. The Morgan fingerprint density at radius 3 is 3.06 bits per heavy atom. The summed E-state index contributed by atoms with van der Waals surface area (Å²) in [4.78, 5) is 0. The molecule has 1 aliphatic heterocycles. The van der Waals surface area contributed by atoms with Crippen LogP contribution < -0.4 is 5.32 Å². The first kappa shape index (κ1) is 10.6. The van der Waals surface area contributed by atoms with E-state index >= 15 is 0 Å². The summed E-state index contributed by atoms with van der Waals surface area (Å²) in [5, 5.41) is 11.1. The number of benzene rings is 1. The van der Waals surface area contributed by atoms with Gasteiger partial charge in [0.2, 0.25) is 0 Å². The predicted octanol–water partition coefficient (Wildman–Crippen LogP) is 1.16. The smallest absolute Gasteiger partial charge is 0.152 e. The molecule has 1 unspecified atom stereocenters. The quantitative estimate of drug-likeness (QED) is 0.840. The standard InChI is InChI=1S/C11H13N3O2S/c15-17(16)4-3-10(7-17)13-9-1-2-11-8(5-9)6-12-14-11/h1-2,5-6,10,13H,3-4,7H2,(H,12,14). The molecule has 3 rings (SSSR count). The molecule has 0 amide bonds. The zero-order chi connectivity index (χ0) is 11.9. The molecule has 0 bridgehead atoms. The molecule has 1 aromatic carbocycles. The van der Waals surface area contributed by atoms with E-state index in [2.05, 4.69) is 15.5 Å². The molecule has 1 atom stereocenters. The molecule has 0 saturated carbocycles. The van der Waals surface area contributed by atoms with Crippen molar-refractivity contribution < 1.29 is 8.42 Å². The number of hydrogen-bond donors (Lipinski definition) is 2. The number of H-pyrrole nitrogens is 1. The Morgan fingerprint density at radius 1 is 1.41 bits per heavy atom. The lowest BCUT2D eigenvalue weighted by molar-refractivity contribution is 0.602. The van der Waals surface area contributed by atoms with Crippen molar-refractivity contribution in [2.24, 2.45) is 0 Å². The van der Waals surface area contributed by atoms with Gasteiger partial charge in [0.1, 0.15) is 0 Å². The first-order valence-electron chi connectivity index (χ1n) is 5.52. The number of aromatic amines is 1. The van der Waals surface area contributed by atoms with Gasteiger partial charge < -0.3 is 5.32 Å². The lowest BCUT2D eigenvalue weighted by atomic mass is 10.2. The van der Waals surface area contributed by atoms with Crippen LogP contribution in [0.4, 0.5) is 5.69 Å². The molecule has 1 aromatic heterocycles. The number of sulfone groups is 1. The SMILES string of the molecule is O=S1(=O)CCC(Nc2ccc3[nH]ncc3c2)C1. The van der Waals surface area contributed by atoms with Crippen molar-refractivity contribution >= 4 is 26.4 Å². The Bertz CT molecular complexity index is 648. The van der Waals surface area contributed by atoms with Crippen LogP contribution in [-0.4, -0.2) is 36.2 Å². The van der Waals surface area contributed by atoms with E-state index in [1.54, 1.807) is 6.20 Å². The van der Waals surface area contributed by atoms with Crippen molar-refractivity contribution in [2.75, 3.05) is 16.8 Å². The zero-order valence-corrected chi connectivity index (χ0v) is 10.00. The van der Waals surface area contributed by atoms with E-state index in [1.807, 2.05) is 18.2 Å². The van der Waals surface area contributed by atoms with Crippen LogP contribution in [0.2, 0.25) is 0 Å². The molecule has 2 aromatic rings. The van der Waals surface area contributed by atoms with Gasteiger partial charge in [0.05, 0.1) is 23.2 Å². The van der Waals surface area contributed by atoms with Crippen molar-refractivity contribution in [1.29, 1.82) is 0 Å². The van der Waals surface area contributed by atoms with Crippen LogP contribution in [0.3, 0.4) is 0 Å². The van der Waals surface area contributed by atoms with Crippen molar-refractivity contribution in [1.82, 2.24) is 10.2 Å². The summed E-state index contributed by atoms with van der Waals surface area (Å²) in [5.41, 5.74) is 1.93. The minimum atomic E-state index is -2.83. The van der Waals surface area contributed by atoms with E-state index in [4.69, 9.17) is 0 Å². The Kier molecular flexibility index (Phi) is 2.32. The molecule has 0 aliphatic carbocycles. The van der Waals surface area contributed by atoms with E-state index in [0.29, 0.717) is 12.2 Å². The van der Waals surface area contributed by atoms with Crippen molar-refractivity contribution in [3.63, 3.8) is 0 Å². The third-order valence-corrected chi connectivity index (χ3v) is 4.81. The van der Waals surface area contributed by atoms with Crippen LogP contribution in [0, 0.1) is 0 Å². The Labute approximate surface area is 99.1 Å². The van der Waals surface area contributed by atoms with Gasteiger partial charge in [-0.1, -0.05) is 0 Å². The number of anilines is 1. The number of rotatable bonds is 2. The van der Waals surface area contributed by atoms with Gasteiger partial charge in [0, 0.05) is 17.1 Å². The highest BCUT2D eigenvalue weighted by Crippen LogP contribution is 2.20. The van der Waals surface area contributed by atoms with E-state index in [1.165, 1.54) is 0 Å². The minimum absolute atomic E-state index is 0.0318. The molecule has 0 spiro atoms. The van der Waals surface area contributed by atoms with Crippen LogP contribution in [0.5, 0.6) is 0 Å². The summed E-state index contributed by atoms with van der Waals surface area (Å²) in [6.07, 6.45) is 2.44. The Hall–Kier alpha value is -1.56. The fraction of sp³-hybridized carbons (Fsp3) is 0.364. The monoisotopic (exact) mass is 251 g/mol. The lowest BCUT2D eigenvalue weighted by Gasteiger charge is -2.12. The fourth-order valence-electron chi connectivity index (χ4n) is 2.18. The molecule has 0 radical (unpaired) electrons. The van der Waals surface area contributed by atoms with Crippen LogP contribution in [-0.2, 0) is 9.84 Å². The maximum atomic E-state index is 11.3. The van der Waals surface area contributed by atoms with E-state index in [0.717, 1.165) is 16.6 Å². The lowest BCUT2D eigenvalue weighted by Crippen LogP contribution is -2.20. The Balaban J connectivity index is 1.81. The molecule has 1 fully saturated rings. The topological polar surface area (TPSA) is 74.8 Å². The van der Waals surface area contributed by atoms with Gasteiger partial charge in [-0.2, -0.15) is 5.10 Å². The van der Waals surface area contributed by atoms with Crippen LogP contribution in [0.15, 0.2) is 24.4 Å². The molecule has 17 heavy (non-hydrogen) atoms. The summed E-state index contributed by atoms with van der Waals surface area (Å²) in [6.45, 7) is 0. The second kappa shape index (κ2) is 3.73. The number of nitrogens with one attached hydrogen (secondary N) is 2. The highest BCUT2D eigenvalue weighted by Gasteiger charge is 2.27. The normalized spacial score (nSPS) is 22.9. The summed E-state index contributed by atoms with van der Waals surface area (Å²) < 4.78 is 22.7. The molecule has 6 heteroatoms. The molecular formula is C11H13N3O2S. The van der Waals surface area contributed by atoms with Gasteiger partial charge in [-0.3, -0.25) is 5.10 Å². The minimum Gasteiger partial charge on any atom is -0.381 e. The summed E-state index contributed by atoms with van der Waals surface area (Å²) >= 11 is 0. The first-order chi connectivity index (χ1) is 8.12. The maximum Gasteiger partial charge on any atom is 0.152 e. The molecule has 2 heterocycles. The third-order valence-electron chi connectivity index (χ3n) is 3.04. The molecule has 1 aliphatic rings. The van der Waals surface area contributed by atoms with Crippen LogP contribution >= 0.6 is 0 Å². The van der Waals surface area contributed by atoms with Gasteiger partial charge in [0.25, 0.3) is 0 Å². The third kappa shape index (κ3) is 2.12. The maximum absolute atomic E-state index is 11.3. The average Bonchev–Trinajstić information content (AvgIpc) is 2.84. The van der Waals surface area contributed by atoms with Gasteiger partial charge in [-0.05, 0) is 24.6 Å². The first-order valence-corrected chi connectivity index (χ1v) is 7.35. The summed E-state index contributed by atoms with van der Waals surface area (Å²) in [5.74, 6) is 0.523. The molecule has 2 N–H and O–H groups in total. The predicted molar refractivity (Wildman–Crippen MR) is 66.8 cm³/mol. The molecular weight excluding hydrogens is 238 g/mol. The molecule has 90 valence electrons. The number of aromatic nitrogens is 2. The van der Waals surface area contributed by atoms with Gasteiger partial charge in [-0.15, -0.1) is 0 Å². The van der Waals surface area contributed by atoms with Gasteiger partial charge in [-0.25, -0.2) is 8.42 Å². The van der Waals surface area contributed by atoms with Crippen LogP contribution in [0.1, 0.15) is 6.42 Å². The summed E-state index contributed by atoms with van der Waals surface area (Å²) in [7, 11) is -2.83. The van der Waals surface area contributed by atoms with Gasteiger partial charge >= 0.3 is 0 Å². The van der Waals surface area contributed by atoms with Crippen molar-refractivity contribution in [3.05, 3.63) is 24.4 Å². The number of fused-ring (bicyclic) bond motifs is 1. The highest BCUT2D eigenvalue weighted by molar-refractivity contribution is 7.91.